The first-order chi connectivity index (χ1) is 12.8. The molecule has 3 aromatic rings. The molecule has 1 fully saturated rings. The number of amides is 1. The minimum Gasteiger partial charge on any atom is -0.350 e. The van der Waals surface area contributed by atoms with Gasteiger partial charge in [0.1, 0.15) is 6.33 Å². The van der Waals surface area contributed by atoms with E-state index >= 15 is 0 Å². The summed E-state index contributed by atoms with van der Waals surface area (Å²) in [6, 6.07) is 14.2. The van der Waals surface area contributed by atoms with Crippen molar-refractivity contribution in [2.75, 3.05) is 6.54 Å². The molecule has 2 aromatic heterocycles. The number of tetrazole rings is 1. The monoisotopic (exact) mass is 368 g/mol. The van der Waals surface area contributed by atoms with E-state index in [0.717, 1.165) is 18.0 Å². The van der Waals surface area contributed by atoms with E-state index in [1.165, 1.54) is 5.56 Å². The molecule has 0 aliphatic carbocycles. The zero-order valence-electron chi connectivity index (χ0n) is 14.2. The predicted molar refractivity (Wildman–Crippen MR) is 98.3 cm³/mol. The van der Waals surface area contributed by atoms with Gasteiger partial charge in [-0.25, -0.2) is 4.68 Å². The summed E-state index contributed by atoms with van der Waals surface area (Å²) in [5.74, 6) is 0.0601. The minimum atomic E-state index is -0.190. The summed E-state index contributed by atoms with van der Waals surface area (Å²) in [7, 11) is 0. The van der Waals surface area contributed by atoms with E-state index in [9.17, 15) is 4.79 Å². The van der Waals surface area contributed by atoms with Gasteiger partial charge in [-0.05, 0) is 33.9 Å². The van der Waals surface area contributed by atoms with Gasteiger partial charge in [-0.15, -0.1) is 16.4 Å². The van der Waals surface area contributed by atoms with Gasteiger partial charge in [0.25, 0.3) is 0 Å². The number of aromatic nitrogens is 4. The lowest BCUT2D eigenvalue weighted by atomic mass is 10.1. The fraction of sp³-hybridized carbons (Fsp3) is 0.333. The zero-order valence-corrected chi connectivity index (χ0v) is 15.0. The van der Waals surface area contributed by atoms with Gasteiger partial charge in [0, 0.05) is 18.0 Å². The maximum Gasteiger partial charge on any atom is 0.237 e. The number of nitrogens with zero attached hydrogens (tertiary/aromatic N) is 5. The molecule has 4 rings (SSSR count). The Bertz CT molecular complexity index is 821. The summed E-state index contributed by atoms with van der Waals surface area (Å²) < 4.78 is 1.75. The van der Waals surface area contributed by atoms with Gasteiger partial charge in [-0.1, -0.05) is 36.4 Å². The van der Waals surface area contributed by atoms with Crippen LogP contribution in [0.5, 0.6) is 0 Å². The lowest BCUT2D eigenvalue weighted by Crippen LogP contribution is -2.42. The van der Waals surface area contributed by atoms with E-state index in [1.54, 1.807) is 22.3 Å². The molecule has 0 unspecified atom stereocenters. The van der Waals surface area contributed by atoms with Crippen molar-refractivity contribution in [3.63, 3.8) is 0 Å². The molecule has 7 nitrogen and oxygen atoms in total. The van der Waals surface area contributed by atoms with Crippen LogP contribution in [-0.4, -0.2) is 43.6 Å². The highest BCUT2D eigenvalue weighted by atomic mass is 32.1. The van der Waals surface area contributed by atoms with Gasteiger partial charge in [0.05, 0.1) is 18.6 Å². The van der Waals surface area contributed by atoms with Crippen molar-refractivity contribution < 1.29 is 4.79 Å². The van der Waals surface area contributed by atoms with Gasteiger partial charge in [0.15, 0.2) is 0 Å². The molecule has 1 aliphatic rings. The maximum absolute atomic E-state index is 12.8. The number of benzene rings is 1. The molecule has 1 N–H and O–H groups in total. The van der Waals surface area contributed by atoms with Crippen molar-refractivity contribution in [1.82, 2.24) is 30.4 Å². The van der Waals surface area contributed by atoms with Gasteiger partial charge in [-0.2, -0.15) is 0 Å². The number of carbonyl (C=O) groups is 1. The maximum atomic E-state index is 12.8. The molecule has 3 heterocycles. The second kappa shape index (κ2) is 7.76. The number of hydrogen-bond donors (Lipinski definition) is 1. The van der Waals surface area contributed by atoms with Crippen molar-refractivity contribution in [1.29, 1.82) is 0 Å². The van der Waals surface area contributed by atoms with Crippen molar-refractivity contribution >= 4 is 17.2 Å². The minimum absolute atomic E-state index is 0.0601. The summed E-state index contributed by atoms with van der Waals surface area (Å²) in [5, 5.41) is 16.6. The third-order valence-electron chi connectivity index (χ3n) is 4.67. The first-order valence-electron chi connectivity index (χ1n) is 8.60. The lowest BCUT2D eigenvalue weighted by Gasteiger charge is -2.23. The smallest absolute Gasteiger partial charge is 0.237 e. The number of thiophene rings is 1. The number of rotatable bonds is 6. The predicted octanol–water partition coefficient (Wildman–Crippen LogP) is 1.87. The lowest BCUT2D eigenvalue weighted by molar-refractivity contribution is -0.125. The molecule has 0 radical (unpaired) electrons. The average molecular weight is 368 g/mol. The van der Waals surface area contributed by atoms with Crippen LogP contribution in [0.3, 0.4) is 0 Å². The number of nitrogens with one attached hydrogen (secondary N) is 1. The van der Waals surface area contributed by atoms with Crippen LogP contribution in [0, 0.1) is 0 Å². The second-order valence-electron chi connectivity index (χ2n) is 6.41. The highest BCUT2D eigenvalue weighted by molar-refractivity contribution is 7.09. The van der Waals surface area contributed by atoms with Crippen LogP contribution in [0.1, 0.15) is 22.9 Å². The Morgan fingerprint density at radius 3 is 2.85 bits per heavy atom. The van der Waals surface area contributed by atoms with Gasteiger partial charge < -0.3 is 5.32 Å². The molecule has 2 atom stereocenters. The molecule has 1 aromatic carbocycles. The highest BCUT2D eigenvalue weighted by Crippen LogP contribution is 2.28. The van der Waals surface area contributed by atoms with Gasteiger partial charge in [0.2, 0.25) is 5.91 Å². The highest BCUT2D eigenvalue weighted by Gasteiger charge is 2.38. The first kappa shape index (κ1) is 16.9. The van der Waals surface area contributed by atoms with Crippen LogP contribution in [0.2, 0.25) is 0 Å². The van der Waals surface area contributed by atoms with Crippen molar-refractivity contribution in [2.24, 2.45) is 0 Å². The standard InChI is InChI=1S/C18H20N6OS/c25-18(19-10-16-7-4-8-26-16)17-9-15(24-13-20-21-22-24)12-23(17)11-14-5-2-1-3-6-14/h1-8,13,15,17H,9-12H2,(H,19,25)/t15-,17-/m0/s1. The molecule has 8 heteroatoms. The average Bonchev–Trinajstić information content (AvgIpc) is 3.41. The van der Waals surface area contributed by atoms with E-state index < -0.39 is 0 Å². The Hall–Kier alpha value is -2.58. The Kier molecular flexibility index (Phi) is 5.03. The molecule has 1 amide bonds. The molecule has 0 saturated carbocycles. The Balaban J connectivity index is 1.47. The number of likely N-dealkylation sites (tertiary alicyclic amines) is 1. The molecule has 0 spiro atoms. The van der Waals surface area contributed by atoms with Crippen LogP contribution < -0.4 is 5.32 Å². The topological polar surface area (TPSA) is 75.9 Å². The SMILES string of the molecule is O=C(NCc1cccs1)[C@@H]1C[C@H](n2cnnn2)CN1Cc1ccccc1. The first-order valence-corrected chi connectivity index (χ1v) is 9.48. The molecule has 0 bridgehead atoms. The van der Waals surface area contributed by atoms with E-state index in [2.05, 4.69) is 37.9 Å². The molecule has 134 valence electrons. The summed E-state index contributed by atoms with van der Waals surface area (Å²) in [6.45, 7) is 2.05. The summed E-state index contributed by atoms with van der Waals surface area (Å²) in [5.41, 5.74) is 1.20. The van der Waals surface area contributed by atoms with Gasteiger partial charge in [-0.3, -0.25) is 9.69 Å². The summed E-state index contributed by atoms with van der Waals surface area (Å²) in [6.07, 6.45) is 2.32. The van der Waals surface area contributed by atoms with Crippen LogP contribution >= 0.6 is 11.3 Å². The fourth-order valence-electron chi connectivity index (χ4n) is 3.38. The Morgan fingerprint density at radius 1 is 1.23 bits per heavy atom. The second-order valence-corrected chi connectivity index (χ2v) is 7.44. The normalized spacial score (nSPS) is 20.3. The molecule has 1 aliphatic heterocycles. The zero-order chi connectivity index (χ0) is 17.8. The Labute approximate surface area is 155 Å². The van der Waals surface area contributed by atoms with E-state index in [0.29, 0.717) is 13.0 Å². The van der Waals surface area contributed by atoms with Crippen LogP contribution in [-0.2, 0) is 17.9 Å². The van der Waals surface area contributed by atoms with E-state index in [4.69, 9.17) is 0 Å². The van der Waals surface area contributed by atoms with Crippen LogP contribution in [0.4, 0.5) is 0 Å². The molecule has 26 heavy (non-hydrogen) atoms. The molecular formula is C18H20N6OS. The largest absolute Gasteiger partial charge is 0.350 e. The number of hydrogen-bond acceptors (Lipinski definition) is 6. The quantitative estimate of drug-likeness (QED) is 0.719. The third-order valence-corrected chi connectivity index (χ3v) is 5.54. The molecular weight excluding hydrogens is 348 g/mol. The summed E-state index contributed by atoms with van der Waals surface area (Å²) >= 11 is 1.65. The van der Waals surface area contributed by atoms with E-state index in [-0.39, 0.29) is 18.0 Å². The fourth-order valence-corrected chi connectivity index (χ4v) is 4.02. The Morgan fingerprint density at radius 2 is 2.12 bits per heavy atom. The van der Waals surface area contributed by atoms with Gasteiger partial charge >= 0.3 is 0 Å². The van der Waals surface area contributed by atoms with Crippen LogP contribution in [0.25, 0.3) is 0 Å². The molecule has 1 saturated heterocycles. The van der Waals surface area contributed by atoms with Crippen molar-refractivity contribution in [2.45, 2.75) is 31.6 Å². The van der Waals surface area contributed by atoms with Crippen LogP contribution in [0.15, 0.2) is 54.2 Å². The summed E-state index contributed by atoms with van der Waals surface area (Å²) in [4.78, 5) is 16.2. The van der Waals surface area contributed by atoms with Crippen molar-refractivity contribution in [3.8, 4) is 0 Å². The van der Waals surface area contributed by atoms with E-state index in [1.807, 2.05) is 35.7 Å². The number of carbonyl (C=O) groups excluding carboxylic acids is 1. The van der Waals surface area contributed by atoms with Crippen molar-refractivity contribution in [3.05, 3.63) is 64.6 Å². The third kappa shape index (κ3) is 3.81.